The molecular weight excluding hydrogens is 963 g/mol. The molecule has 6 atom stereocenters. The van der Waals surface area contributed by atoms with Gasteiger partial charge in [0.1, 0.15) is 36.1 Å². The van der Waals surface area contributed by atoms with Crippen molar-refractivity contribution in [3.8, 4) is 46.1 Å². The van der Waals surface area contributed by atoms with Crippen molar-refractivity contribution in [3.05, 3.63) is 102 Å². The number of nitrogens with zero attached hydrogens (tertiary/aromatic N) is 8. The number of imidazole rings is 2. The van der Waals surface area contributed by atoms with Crippen LogP contribution in [0.2, 0.25) is 0 Å². The molecule has 3 aromatic heterocycles. The Hall–Kier alpha value is -8.33. The van der Waals surface area contributed by atoms with Gasteiger partial charge in [-0.15, -0.1) is 4.98 Å². The second-order valence-corrected chi connectivity index (χ2v) is 19.4. The lowest BCUT2D eigenvalue weighted by Crippen LogP contribution is -2.52. The number of likely N-dealkylation sites (tertiary alicyclic amines) is 2. The normalized spacial score (nSPS) is 18.8. The van der Waals surface area contributed by atoms with Crippen LogP contribution in [0.5, 0.6) is 17.8 Å². The summed E-state index contributed by atoms with van der Waals surface area (Å²) in [6.45, 7) is 6.77. The Morgan fingerprint density at radius 1 is 0.800 bits per heavy atom. The number of hydrogen-bond acceptors (Lipinski definition) is 15. The first-order valence-electron chi connectivity index (χ1n) is 24.8. The molecule has 21 nitrogen and oxygen atoms in total. The topological polar surface area (TPSA) is 239 Å². The van der Waals surface area contributed by atoms with Gasteiger partial charge in [0.25, 0.3) is 5.91 Å². The average molecular weight is 1020 g/mol. The number of aromatic nitrogens is 7. The van der Waals surface area contributed by atoms with Gasteiger partial charge in [-0.2, -0.15) is 9.97 Å². The molecule has 75 heavy (non-hydrogen) atoms. The van der Waals surface area contributed by atoms with Crippen LogP contribution in [-0.4, -0.2) is 129 Å². The highest BCUT2D eigenvalue weighted by atomic mass is 16.5. The molecule has 6 heterocycles. The number of rotatable bonds is 14. The third kappa shape index (κ3) is 9.58. The predicted molar refractivity (Wildman–Crippen MR) is 274 cm³/mol. The van der Waals surface area contributed by atoms with E-state index in [1.807, 2.05) is 62.2 Å². The lowest BCUT2D eigenvalue weighted by atomic mass is 9.92. The third-order valence-electron chi connectivity index (χ3n) is 14.4. The van der Waals surface area contributed by atoms with Crippen molar-refractivity contribution in [2.75, 3.05) is 48.7 Å². The summed E-state index contributed by atoms with van der Waals surface area (Å²) in [6, 6.07) is 20.5. The summed E-state index contributed by atoms with van der Waals surface area (Å²) in [5.41, 5.74) is 6.35. The summed E-state index contributed by atoms with van der Waals surface area (Å²) in [7, 11) is 7.05. The van der Waals surface area contributed by atoms with Gasteiger partial charge in [-0.1, -0.05) is 62.4 Å². The van der Waals surface area contributed by atoms with Crippen molar-refractivity contribution in [1.82, 2.24) is 54.9 Å². The van der Waals surface area contributed by atoms with E-state index in [1.165, 1.54) is 28.4 Å². The maximum Gasteiger partial charge on any atom is 0.407 e. The SMILES string of the molecule is COC[C@H]1C[C@@H](c2nc(-c3ccc4c(c3)COc3cc5c(ccc6[nH]c([C@@H]7CC[C@H](C)N7C(=O)[C@@H](NC(=O)OC)C(C)C)nc65)cc3-4)cn2-c2nc(OC)nc(OC)n2)N(C(=O)[C@H](NC(=O)OC)c2ccccc2)C1. The van der Waals surface area contributed by atoms with Gasteiger partial charge in [-0.05, 0) is 78.4 Å². The standard InChI is InChI=1S/C54H59N11O10/c1-28(2)43(58-53(68)73-7)49(67)65-29(3)14-19-40(65)46-55-38-18-16-32-22-37-35-17-15-33(21-34(35)27-75-42(37)23-36(32)45(38)57-46)39-25-64(50-60-51(71-5)62-52(61-50)72-6)47(56-39)41-20-30(26-70-4)24-63(41)48(66)44(59-54(69)74-8)31-12-10-9-11-13-31/h9-13,15-18,21-23,25,28-30,40-41,43-44H,14,19-20,24,26-27H2,1-8H3,(H,55,57)(H,58,68)(H,59,69)/t29-,30-,40-,41-,43-,44+/m0/s1. The predicted octanol–water partition coefficient (Wildman–Crippen LogP) is 7.40. The zero-order chi connectivity index (χ0) is 52.7. The van der Waals surface area contributed by atoms with Crippen molar-refractivity contribution in [2.24, 2.45) is 11.8 Å². The van der Waals surface area contributed by atoms with Gasteiger partial charge in [0.15, 0.2) is 0 Å². The molecule has 0 aliphatic carbocycles. The van der Waals surface area contributed by atoms with Gasteiger partial charge in [-0.3, -0.25) is 14.2 Å². The quantitative estimate of drug-likeness (QED) is 0.0962. The molecule has 3 aliphatic heterocycles. The molecule has 390 valence electrons. The van der Waals surface area contributed by atoms with E-state index in [-0.39, 0.29) is 60.3 Å². The summed E-state index contributed by atoms with van der Waals surface area (Å²) in [4.78, 5) is 84.9. The molecule has 0 radical (unpaired) electrons. The monoisotopic (exact) mass is 1020 g/mol. The fraction of sp³-hybridized carbons (Fsp3) is 0.389. The highest BCUT2D eigenvalue weighted by molar-refractivity contribution is 6.07. The minimum atomic E-state index is -1.07. The largest absolute Gasteiger partial charge is 0.488 e. The molecule has 2 saturated heterocycles. The average Bonchev–Trinajstić information content (AvgIpc) is 4.28. The van der Waals surface area contributed by atoms with Crippen LogP contribution in [0.4, 0.5) is 9.59 Å². The number of H-pyrrole nitrogens is 1. The van der Waals surface area contributed by atoms with Crippen LogP contribution in [0, 0.1) is 11.8 Å². The Kier molecular flexibility index (Phi) is 14.0. The van der Waals surface area contributed by atoms with Crippen LogP contribution in [0.25, 0.3) is 50.1 Å². The zero-order valence-corrected chi connectivity index (χ0v) is 42.9. The second-order valence-electron chi connectivity index (χ2n) is 19.4. The van der Waals surface area contributed by atoms with Crippen LogP contribution in [0.1, 0.15) is 80.9 Å². The van der Waals surface area contributed by atoms with Crippen molar-refractivity contribution in [3.63, 3.8) is 0 Å². The minimum absolute atomic E-state index is 0.0138. The molecule has 0 spiro atoms. The van der Waals surface area contributed by atoms with Gasteiger partial charge in [0.05, 0.1) is 63.9 Å². The maximum atomic E-state index is 14.9. The number of methoxy groups -OCH3 is 5. The summed E-state index contributed by atoms with van der Waals surface area (Å²) in [5, 5.41) is 7.35. The Morgan fingerprint density at radius 3 is 2.25 bits per heavy atom. The number of aromatic amines is 1. The van der Waals surface area contributed by atoms with E-state index >= 15 is 0 Å². The molecule has 3 aliphatic rings. The molecule has 0 unspecified atom stereocenters. The molecular formula is C54H59N11O10. The zero-order valence-electron chi connectivity index (χ0n) is 42.9. The Balaban J connectivity index is 1.00. The van der Waals surface area contributed by atoms with E-state index in [9.17, 15) is 19.2 Å². The number of carbonyl (C=O) groups is 4. The molecule has 10 rings (SSSR count). The summed E-state index contributed by atoms with van der Waals surface area (Å²) >= 11 is 0. The first-order valence-corrected chi connectivity index (χ1v) is 24.8. The molecule has 2 fully saturated rings. The molecule has 4 aromatic carbocycles. The van der Waals surface area contributed by atoms with E-state index in [0.717, 1.165) is 50.5 Å². The maximum absolute atomic E-state index is 14.9. The van der Waals surface area contributed by atoms with Gasteiger partial charge in [-0.25, -0.2) is 19.6 Å². The van der Waals surface area contributed by atoms with Crippen LogP contribution in [0.15, 0.2) is 79.0 Å². The van der Waals surface area contributed by atoms with Crippen molar-refractivity contribution in [2.45, 2.75) is 76.8 Å². The smallest absolute Gasteiger partial charge is 0.407 e. The van der Waals surface area contributed by atoms with E-state index < -0.39 is 30.3 Å². The van der Waals surface area contributed by atoms with Gasteiger partial charge in [0.2, 0.25) is 11.9 Å². The van der Waals surface area contributed by atoms with Crippen LogP contribution in [0.3, 0.4) is 0 Å². The van der Waals surface area contributed by atoms with E-state index in [4.69, 9.17) is 38.4 Å². The lowest BCUT2D eigenvalue weighted by molar-refractivity contribution is -0.137. The first kappa shape index (κ1) is 50.2. The molecule has 3 N–H and O–H groups in total. The van der Waals surface area contributed by atoms with Crippen LogP contribution < -0.4 is 24.8 Å². The number of fused-ring (bicyclic) bond motifs is 6. The number of hydrogen-bond donors (Lipinski definition) is 3. The highest BCUT2D eigenvalue weighted by Crippen LogP contribution is 2.45. The van der Waals surface area contributed by atoms with E-state index in [1.54, 1.807) is 40.8 Å². The number of ether oxygens (including phenoxy) is 6. The first-order chi connectivity index (χ1) is 36.3. The van der Waals surface area contributed by atoms with E-state index in [2.05, 4.69) is 48.8 Å². The number of amides is 4. The van der Waals surface area contributed by atoms with Crippen LogP contribution in [-0.2, 0) is 30.4 Å². The summed E-state index contributed by atoms with van der Waals surface area (Å²) < 4.78 is 34.6. The van der Waals surface area contributed by atoms with Crippen molar-refractivity contribution in [1.29, 1.82) is 0 Å². The Morgan fingerprint density at radius 2 is 1.55 bits per heavy atom. The Labute approximate surface area is 432 Å². The number of alkyl carbamates (subject to hydrolysis) is 2. The molecule has 7 aromatic rings. The Bertz CT molecular complexity index is 3290. The number of carbonyl (C=O) groups excluding carboxylic acids is 4. The lowest BCUT2D eigenvalue weighted by Gasteiger charge is -2.32. The molecule has 0 bridgehead atoms. The summed E-state index contributed by atoms with van der Waals surface area (Å²) in [5.74, 6) is 1.20. The van der Waals surface area contributed by atoms with Crippen LogP contribution >= 0.6 is 0 Å². The summed E-state index contributed by atoms with van der Waals surface area (Å²) in [6.07, 6.45) is 2.38. The second kappa shape index (κ2) is 20.9. The number of benzene rings is 4. The molecule has 21 heteroatoms. The fourth-order valence-electron chi connectivity index (χ4n) is 10.7. The van der Waals surface area contributed by atoms with Crippen molar-refractivity contribution >= 4 is 45.8 Å². The van der Waals surface area contributed by atoms with Gasteiger partial charge >= 0.3 is 24.2 Å². The third-order valence-corrected chi connectivity index (χ3v) is 14.4. The van der Waals surface area contributed by atoms with Gasteiger partial charge < -0.3 is 53.8 Å². The molecule has 4 amide bonds. The van der Waals surface area contributed by atoms with E-state index in [0.29, 0.717) is 54.6 Å². The fourth-order valence-corrected chi connectivity index (χ4v) is 10.7. The van der Waals surface area contributed by atoms with Gasteiger partial charge in [0, 0.05) is 48.3 Å². The van der Waals surface area contributed by atoms with Crippen molar-refractivity contribution < 1.29 is 47.6 Å². The minimum Gasteiger partial charge on any atom is -0.488 e. The highest BCUT2D eigenvalue weighted by Gasteiger charge is 2.44. The number of nitrogens with one attached hydrogen (secondary N) is 3. The molecule has 0 saturated carbocycles.